The van der Waals surface area contributed by atoms with Crippen LogP contribution < -0.4 is 15.4 Å². The predicted molar refractivity (Wildman–Crippen MR) is 125 cm³/mol. The van der Waals surface area contributed by atoms with E-state index in [1.54, 1.807) is 63.2 Å². The van der Waals surface area contributed by atoms with Gasteiger partial charge in [-0.25, -0.2) is 4.79 Å². The molecule has 2 aromatic rings. The van der Waals surface area contributed by atoms with Gasteiger partial charge in [0.1, 0.15) is 24.0 Å². The fraction of sp³-hybridized carbons (Fsp3) is 0.318. The lowest BCUT2D eigenvalue weighted by atomic mass is 10.1. The predicted octanol–water partition coefficient (Wildman–Crippen LogP) is 4.28. The van der Waals surface area contributed by atoms with Crippen LogP contribution in [0.3, 0.4) is 0 Å². The Labute approximate surface area is 194 Å². The number of anilines is 2. The molecule has 2 rings (SSSR count). The molecule has 0 saturated carbocycles. The van der Waals surface area contributed by atoms with Gasteiger partial charge in [-0.1, -0.05) is 0 Å². The van der Waals surface area contributed by atoms with E-state index < -0.39 is 23.2 Å². The van der Waals surface area contributed by atoms with Gasteiger partial charge >= 0.3 is 6.09 Å². The fourth-order valence-electron chi connectivity index (χ4n) is 2.29. The lowest BCUT2D eigenvalue weighted by Crippen LogP contribution is -2.45. The number of hydrogen-bond acceptors (Lipinski definition) is 6. The number of halogens is 1. The zero-order valence-corrected chi connectivity index (χ0v) is 19.8. The van der Waals surface area contributed by atoms with Gasteiger partial charge < -0.3 is 19.9 Å². The van der Waals surface area contributed by atoms with Crippen LogP contribution in [0.5, 0.6) is 5.75 Å². The maximum absolute atomic E-state index is 12.4. The third kappa shape index (κ3) is 7.73. The molecule has 0 saturated heterocycles. The van der Waals surface area contributed by atoms with Gasteiger partial charge in [-0.3, -0.25) is 10.1 Å². The Morgan fingerprint density at radius 1 is 1.06 bits per heavy atom. The molecule has 0 aliphatic carbocycles. The first-order valence-corrected chi connectivity index (χ1v) is 10.4. The number of carbonyl (C=O) groups excluding carboxylic acids is 2. The summed E-state index contributed by atoms with van der Waals surface area (Å²) in [4.78, 5) is 24.2. The lowest BCUT2D eigenvalue weighted by Gasteiger charge is -2.23. The van der Waals surface area contributed by atoms with Gasteiger partial charge in [0.25, 0.3) is 5.91 Å². The molecule has 8 nitrogen and oxygen atoms in total. The van der Waals surface area contributed by atoms with Crippen molar-refractivity contribution in [3.63, 3.8) is 0 Å². The summed E-state index contributed by atoms with van der Waals surface area (Å²) in [6.07, 6.45) is -0.571. The van der Waals surface area contributed by atoms with Crippen LogP contribution in [0.15, 0.2) is 42.5 Å². The number of benzene rings is 2. The maximum atomic E-state index is 12.4. The molecule has 9 heteroatoms. The lowest BCUT2D eigenvalue weighted by molar-refractivity contribution is -0.135. The molecule has 164 valence electrons. The molecule has 2 aromatic carbocycles. The second-order valence-electron chi connectivity index (χ2n) is 7.97. The molecule has 0 fully saturated rings. The normalized spacial score (nSPS) is 12.8. The van der Waals surface area contributed by atoms with Gasteiger partial charge in [-0.2, -0.15) is 5.26 Å². The minimum absolute atomic E-state index is 0.287. The standard InChI is InChI=1S/C22H24IN3O5/c1-21(2,3)31-20(28)26-15-7-9-17(10-8-15)30-13-22(4,29)19(27)25-16-6-5-14(12-24)18(23)11-16/h5-11,29H,13H2,1-4H3,(H,25,27)(H,26,28)/t22-/m0/s1. The summed E-state index contributed by atoms with van der Waals surface area (Å²) in [5.41, 5.74) is -0.923. The van der Waals surface area contributed by atoms with Crippen LogP contribution in [0.1, 0.15) is 33.3 Å². The van der Waals surface area contributed by atoms with Gasteiger partial charge in [0.2, 0.25) is 0 Å². The summed E-state index contributed by atoms with van der Waals surface area (Å²) in [5, 5.41) is 24.7. The fourth-order valence-corrected chi connectivity index (χ4v) is 2.93. The largest absolute Gasteiger partial charge is 0.490 e. The topological polar surface area (TPSA) is 121 Å². The highest BCUT2D eigenvalue weighted by Gasteiger charge is 2.31. The molecule has 31 heavy (non-hydrogen) atoms. The number of nitrogens with one attached hydrogen (secondary N) is 2. The second kappa shape index (κ2) is 9.98. The Kier molecular flexibility index (Phi) is 7.86. The van der Waals surface area contributed by atoms with E-state index in [1.807, 2.05) is 28.7 Å². The SMILES string of the molecule is CC(C)(C)OC(=O)Nc1ccc(OC[C@](C)(O)C(=O)Nc2ccc(C#N)c(I)c2)cc1. The van der Waals surface area contributed by atoms with Gasteiger partial charge in [-0.05, 0) is 92.8 Å². The third-order valence-corrected chi connectivity index (χ3v) is 4.75. The van der Waals surface area contributed by atoms with Crippen molar-refractivity contribution in [1.82, 2.24) is 0 Å². The second-order valence-corrected chi connectivity index (χ2v) is 9.14. The van der Waals surface area contributed by atoms with Crippen LogP contribution in [-0.4, -0.2) is 34.9 Å². The maximum Gasteiger partial charge on any atom is 0.412 e. The molecule has 3 N–H and O–H groups in total. The van der Waals surface area contributed by atoms with Crippen molar-refractivity contribution in [2.75, 3.05) is 17.2 Å². The number of carbonyl (C=O) groups is 2. The number of nitrogens with zero attached hydrogens (tertiary/aromatic N) is 1. The van der Waals surface area contributed by atoms with Crippen molar-refractivity contribution in [2.45, 2.75) is 38.9 Å². The van der Waals surface area contributed by atoms with Crippen LogP contribution in [-0.2, 0) is 9.53 Å². The quantitative estimate of drug-likeness (QED) is 0.474. The molecule has 1 atom stereocenters. The van der Waals surface area contributed by atoms with Crippen LogP contribution in [0.2, 0.25) is 0 Å². The number of rotatable bonds is 6. The van der Waals surface area contributed by atoms with E-state index in [2.05, 4.69) is 10.6 Å². The third-order valence-electron chi connectivity index (χ3n) is 3.86. The monoisotopic (exact) mass is 537 g/mol. The zero-order chi connectivity index (χ0) is 23.2. The molecule has 0 heterocycles. The van der Waals surface area contributed by atoms with E-state index in [1.165, 1.54) is 6.92 Å². The van der Waals surface area contributed by atoms with Crippen LogP contribution in [0, 0.1) is 14.9 Å². The first kappa shape index (κ1) is 24.4. The summed E-state index contributed by atoms with van der Waals surface area (Å²) in [6, 6.07) is 13.3. The molecule has 0 aliphatic rings. The van der Waals surface area contributed by atoms with Gasteiger partial charge in [0, 0.05) is 14.9 Å². The first-order chi connectivity index (χ1) is 14.4. The molecule has 2 amide bonds. The average molecular weight is 537 g/mol. The van der Waals surface area contributed by atoms with E-state index in [0.29, 0.717) is 26.3 Å². The van der Waals surface area contributed by atoms with Gasteiger partial charge in [-0.15, -0.1) is 0 Å². The average Bonchev–Trinajstić information content (AvgIpc) is 2.66. The molecule has 0 unspecified atom stereocenters. The Hall–Kier alpha value is -2.84. The van der Waals surface area contributed by atoms with E-state index in [-0.39, 0.29) is 6.61 Å². The minimum atomic E-state index is -1.80. The number of amides is 2. The molecular weight excluding hydrogens is 513 g/mol. The van der Waals surface area contributed by atoms with Crippen molar-refractivity contribution in [3.05, 3.63) is 51.6 Å². The molecule has 0 bridgehead atoms. The highest BCUT2D eigenvalue weighted by atomic mass is 127. The minimum Gasteiger partial charge on any atom is -0.490 e. The molecule has 0 radical (unpaired) electrons. The Balaban J connectivity index is 1.92. The van der Waals surface area contributed by atoms with Crippen LogP contribution >= 0.6 is 22.6 Å². The van der Waals surface area contributed by atoms with Crippen molar-refractivity contribution in [3.8, 4) is 11.8 Å². The van der Waals surface area contributed by atoms with E-state index in [4.69, 9.17) is 14.7 Å². The number of aliphatic hydroxyl groups is 1. The molecule has 0 spiro atoms. The van der Waals surface area contributed by atoms with Gasteiger partial charge in [0.15, 0.2) is 5.60 Å². The highest BCUT2D eigenvalue weighted by Crippen LogP contribution is 2.21. The van der Waals surface area contributed by atoms with Crippen molar-refractivity contribution in [2.24, 2.45) is 0 Å². The Bertz CT molecular complexity index is 992. The summed E-state index contributed by atoms with van der Waals surface area (Å²) < 4.78 is 11.4. The summed E-state index contributed by atoms with van der Waals surface area (Å²) in [6.45, 7) is 6.37. The molecule has 0 aliphatic heterocycles. The van der Waals surface area contributed by atoms with Crippen molar-refractivity contribution in [1.29, 1.82) is 5.26 Å². The van der Waals surface area contributed by atoms with Crippen molar-refractivity contribution < 1.29 is 24.2 Å². The van der Waals surface area contributed by atoms with Gasteiger partial charge in [0.05, 0.1) is 5.56 Å². The number of nitriles is 1. The number of ether oxygens (including phenoxy) is 2. The molecule has 0 aromatic heterocycles. The summed E-state index contributed by atoms with van der Waals surface area (Å²) >= 11 is 2.00. The van der Waals surface area contributed by atoms with Crippen LogP contribution in [0.25, 0.3) is 0 Å². The van der Waals surface area contributed by atoms with E-state index in [9.17, 15) is 14.7 Å². The first-order valence-electron chi connectivity index (χ1n) is 9.36. The Morgan fingerprint density at radius 2 is 1.68 bits per heavy atom. The van der Waals surface area contributed by atoms with E-state index in [0.717, 1.165) is 0 Å². The highest BCUT2D eigenvalue weighted by molar-refractivity contribution is 14.1. The summed E-state index contributed by atoms with van der Waals surface area (Å²) in [5.74, 6) is -0.230. The smallest absolute Gasteiger partial charge is 0.412 e. The zero-order valence-electron chi connectivity index (χ0n) is 17.7. The Morgan fingerprint density at radius 3 is 2.23 bits per heavy atom. The van der Waals surface area contributed by atoms with Crippen LogP contribution in [0.4, 0.5) is 16.2 Å². The van der Waals surface area contributed by atoms with E-state index >= 15 is 0 Å². The molecular formula is C22H24IN3O5. The summed E-state index contributed by atoms with van der Waals surface area (Å²) in [7, 11) is 0. The number of hydrogen-bond donors (Lipinski definition) is 3. The van der Waals surface area contributed by atoms with Crippen molar-refractivity contribution >= 4 is 46.0 Å².